The van der Waals surface area contributed by atoms with Gasteiger partial charge in [0.2, 0.25) is 0 Å². The van der Waals surface area contributed by atoms with Crippen LogP contribution in [0, 0.1) is 5.92 Å². The van der Waals surface area contributed by atoms with Crippen LogP contribution < -0.4 is 10.6 Å². The van der Waals surface area contributed by atoms with Crippen LogP contribution in [0.25, 0.3) is 0 Å². The molecule has 4 nitrogen and oxygen atoms in total. The van der Waals surface area contributed by atoms with E-state index in [1.807, 2.05) is 0 Å². The van der Waals surface area contributed by atoms with Crippen molar-refractivity contribution in [2.45, 2.75) is 53.9 Å². The fraction of sp³-hybridized carbons (Fsp3) is 0.611. The Hall–Kier alpha value is -1.55. The molecule has 0 saturated heterocycles. The topological polar surface area (TPSA) is 45.7 Å². The zero-order valence-corrected chi connectivity index (χ0v) is 14.6. The average Bonchev–Trinajstić information content (AvgIpc) is 2.49. The van der Waals surface area contributed by atoms with Gasteiger partial charge in [0.25, 0.3) is 0 Å². The van der Waals surface area contributed by atoms with Crippen molar-refractivity contribution >= 4 is 5.96 Å². The van der Waals surface area contributed by atoms with Crippen molar-refractivity contribution in [2.75, 3.05) is 13.1 Å². The Morgan fingerprint density at radius 3 is 2.23 bits per heavy atom. The van der Waals surface area contributed by atoms with Gasteiger partial charge in [-0.15, -0.1) is 0 Å². The van der Waals surface area contributed by atoms with Crippen LogP contribution in [0.2, 0.25) is 0 Å². The van der Waals surface area contributed by atoms with E-state index in [9.17, 15) is 0 Å². The van der Waals surface area contributed by atoms with E-state index in [0.29, 0.717) is 19.1 Å². The molecule has 0 fully saturated rings. The maximum atomic E-state index is 5.60. The van der Waals surface area contributed by atoms with Crippen molar-refractivity contribution in [3.05, 3.63) is 35.4 Å². The van der Waals surface area contributed by atoms with Crippen LogP contribution in [-0.4, -0.2) is 25.2 Å². The molecule has 0 amide bonds. The molecule has 0 bridgehead atoms. The predicted octanol–water partition coefficient (Wildman–Crippen LogP) is 3.32. The number of hydrogen-bond donors (Lipinski definition) is 2. The van der Waals surface area contributed by atoms with Crippen molar-refractivity contribution in [1.29, 1.82) is 0 Å². The Kier molecular flexibility index (Phi) is 8.60. The second-order valence-electron chi connectivity index (χ2n) is 6.15. The second-order valence-corrected chi connectivity index (χ2v) is 6.15. The molecular weight excluding hydrogens is 274 g/mol. The van der Waals surface area contributed by atoms with Crippen LogP contribution in [-0.2, 0) is 17.9 Å². The lowest BCUT2D eigenvalue weighted by atomic mass is 10.1. The fourth-order valence-electron chi connectivity index (χ4n) is 1.82. The van der Waals surface area contributed by atoms with Crippen molar-refractivity contribution in [3.63, 3.8) is 0 Å². The quantitative estimate of drug-likeness (QED) is 0.572. The minimum Gasteiger partial charge on any atom is -0.374 e. The molecule has 0 aliphatic rings. The summed E-state index contributed by atoms with van der Waals surface area (Å²) in [5.74, 6) is 1.48. The highest BCUT2D eigenvalue weighted by Crippen LogP contribution is 2.08. The fourth-order valence-corrected chi connectivity index (χ4v) is 1.82. The number of nitrogens with one attached hydrogen (secondary N) is 2. The number of benzene rings is 1. The Morgan fingerprint density at radius 2 is 1.68 bits per heavy atom. The maximum Gasteiger partial charge on any atom is 0.191 e. The van der Waals surface area contributed by atoms with Crippen LogP contribution in [0.3, 0.4) is 0 Å². The van der Waals surface area contributed by atoms with Gasteiger partial charge < -0.3 is 15.4 Å². The van der Waals surface area contributed by atoms with E-state index in [2.05, 4.69) is 74.5 Å². The number of nitrogens with zero attached hydrogens (tertiary/aromatic N) is 1. The normalized spacial score (nSPS) is 12.0. The van der Waals surface area contributed by atoms with Gasteiger partial charge in [-0.05, 0) is 37.8 Å². The molecule has 2 N–H and O–H groups in total. The highest BCUT2D eigenvalue weighted by molar-refractivity contribution is 5.79. The molecule has 0 atom stereocenters. The lowest BCUT2D eigenvalue weighted by molar-refractivity contribution is 0.0657. The molecule has 1 aromatic carbocycles. The third-order valence-electron chi connectivity index (χ3n) is 3.05. The molecule has 0 spiro atoms. The highest BCUT2D eigenvalue weighted by atomic mass is 16.5. The highest BCUT2D eigenvalue weighted by Gasteiger charge is 2.00. The first-order valence-electron chi connectivity index (χ1n) is 8.22. The van der Waals surface area contributed by atoms with Crippen molar-refractivity contribution < 1.29 is 4.74 Å². The smallest absolute Gasteiger partial charge is 0.191 e. The number of guanidine groups is 1. The van der Waals surface area contributed by atoms with Gasteiger partial charge in [0, 0.05) is 13.1 Å². The summed E-state index contributed by atoms with van der Waals surface area (Å²) >= 11 is 0. The summed E-state index contributed by atoms with van der Waals surface area (Å²) in [6.45, 7) is 13.7. The SMILES string of the molecule is CCNC(=NCc1ccc(COC(C)C)cc1)NCC(C)C. The summed E-state index contributed by atoms with van der Waals surface area (Å²) in [6, 6.07) is 8.46. The van der Waals surface area contributed by atoms with Gasteiger partial charge in [-0.2, -0.15) is 0 Å². The minimum atomic E-state index is 0.263. The number of rotatable bonds is 8. The van der Waals surface area contributed by atoms with E-state index in [-0.39, 0.29) is 6.10 Å². The molecule has 4 heteroatoms. The molecule has 0 radical (unpaired) electrons. The molecule has 0 aliphatic heterocycles. The maximum absolute atomic E-state index is 5.60. The van der Waals surface area contributed by atoms with Crippen molar-refractivity contribution in [3.8, 4) is 0 Å². The van der Waals surface area contributed by atoms with Gasteiger partial charge in [0.05, 0.1) is 19.3 Å². The van der Waals surface area contributed by atoms with E-state index in [1.165, 1.54) is 11.1 Å². The van der Waals surface area contributed by atoms with E-state index in [1.54, 1.807) is 0 Å². The monoisotopic (exact) mass is 305 g/mol. The lowest BCUT2D eigenvalue weighted by Gasteiger charge is -2.13. The van der Waals surface area contributed by atoms with E-state index < -0.39 is 0 Å². The largest absolute Gasteiger partial charge is 0.374 e. The van der Waals surface area contributed by atoms with Crippen LogP contribution in [0.15, 0.2) is 29.3 Å². The summed E-state index contributed by atoms with van der Waals surface area (Å²) in [5, 5.41) is 6.62. The zero-order chi connectivity index (χ0) is 16.4. The first-order valence-corrected chi connectivity index (χ1v) is 8.22. The van der Waals surface area contributed by atoms with Gasteiger partial charge in [0.1, 0.15) is 0 Å². The molecule has 1 rings (SSSR count). The van der Waals surface area contributed by atoms with Gasteiger partial charge in [-0.25, -0.2) is 4.99 Å². The molecule has 124 valence electrons. The molecule has 0 saturated carbocycles. The van der Waals surface area contributed by atoms with Gasteiger partial charge >= 0.3 is 0 Å². The van der Waals surface area contributed by atoms with E-state index in [0.717, 1.165) is 19.0 Å². The van der Waals surface area contributed by atoms with E-state index >= 15 is 0 Å². The third-order valence-corrected chi connectivity index (χ3v) is 3.05. The first-order chi connectivity index (χ1) is 10.5. The predicted molar refractivity (Wildman–Crippen MR) is 94.0 cm³/mol. The van der Waals surface area contributed by atoms with Crippen LogP contribution in [0.1, 0.15) is 45.7 Å². The van der Waals surface area contributed by atoms with Gasteiger partial charge in [-0.3, -0.25) is 0 Å². The number of aliphatic imine (C=N–C) groups is 1. The summed E-state index contributed by atoms with van der Waals surface area (Å²) in [6.07, 6.45) is 0.263. The minimum absolute atomic E-state index is 0.263. The van der Waals surface area contributed by atoms with Crippen LogP contribution >= 0.6 is 0 Å². The molecule has 0 heterocycles. The lowest BCUT2D eigenvalue weighted by Crippen LogP contribution is -2.39. The second kappa shape index (κ2) is 10.2. The first kappa shape index (κ1) is 18.5. The summed E-state index contributed by atoms with van der Waals surface area (Å²) in [4.78, 5) is 4.62. The number of hydrogen-bond acceptors (Lipinski definition) is 2. The van der Waals surface area contributed by atoms with Crippen molar-refractivity contribution in [2.24, 2.45) is 10.9 Å². The zero-order valence-electron chi connectivity index (χ0n) is 14.6. The molecular formula is C18H31N3O. The number of ether oxygens (including phenoxy) is 1. The summed E-state index contributed by atoms with van der Waals surface area (Å²) < 4.78 is 5.60. The summed E-state index contributed by atoms with van der Waals surface area (Å²) in [7, 11) is 0. The van der Waals surface area contributed by atoms with Crippen LogP contribution in [0.5, 0.6) is 0 Å². The van der Waals surface area contributed by atoms with Gasteiger partial charge in [-0.1, -0.05) is 38.1 Å². The Morgan fingerprint density at radius 1 is 1.05 bits per heavy atom. The average molecular weight is 305 g/mol. The Balaban J connectivity index is 2.54. The van der Waals surface area contributed by atoms with Crippen LogP contribution in [0.4, 0.5) is 0 Å². The van der Waals surface area contributed by atoms with E-state index in [4.69, 9.17) is 4.74 Å². The molecule has 22 heavy (non-hydrogen) atoms. The molecule has 0 aromatic heterocycles. The molecule has 1 aromatic rings. The third kappa shape index (κ3) is 8.03. The molecule has 0 aliphatic carbocycles. The Labute approximate surface area is 135 Å². The van der Waals surface area contributed by atoms with Gasteiger partial charge in [0.15, 0.2) is 5.96 Å². The Bertz CT molecular complexity index is 438. The standard InChI is InChI=1S/C18H31N3O/c1-6-19-18(20-11-14(2)3)21-12-16-7-9-17(10-8-16)13-22-15(4)5/h7-10,14-15H,6,11-13H2,1-5H3,(H2,19,20,21). The summed E-state index contributed by atoms with van der Waals surface area (Å²) in [5.41, 5.74) is 2.40. The molecule has 0 unspecified atom stereocenters. The van der Waals surface area contributed by atoms with Crippen molar-refractivity contribution in [1.82, 2.24) is 10.6 Å².